The highest BCUT2D eigenvalue weighted by Gasteiger charge is 2.30. The lowest BCUT2D eigenvalue weighted by Crippen LogP contribution is -2.30. The zero-order chi connectivity index (χ0) is 68.6. The number of aliphatic hydroxyl groups excluding tert-OH is 1. The molecule has 0 aromatic rings. The number of carbonyl (C=O) groups is 4. The largest absolute Gasteiger partial charge is 0.472 e. The van der Waals surface area contributed by atoms with Gasteiger partial charge in [0.15, 0.2) is 12.2 Å². The standard InChI is InChI=1S/C74H144O17P2/c1-7-9-11-13-15-17-19-21-23-26-32-38-44-50-56-71(76)84-62-69(91-74(79)59-53-47-41-34-28-24-25-30-36-42-48-54-66(3)4)64-88-92(80,81)86-60-68(75)61-87-93(82,83)89-65-70(63-85-72(77)57-51-45-39-35-29-31-37-43-49-55-67(5)6)90-73(78)58-52-46-40-33-27-22-20-18-16-14-12-10-8-2/h66-70,75H,7-65H2,1-6H3,(H,80,81)(H,82,83)/t68-,69-,70-/m1/s1. The van der Waals surface area contributed by atoms with Crippen LogP contribution < -0.4 is 0 Å². The van der Waals surface area contributed by atoms with E-state index in [2.05, 4.69) is 41.5 Å². The third-order valence-corrected chi connectivity index (χ3v) is 19.1. The molecule has 17 nitrogen and oxygen atoms in total. The van der Waals surface area contributed by atoms with Crippen LogP contribution in [0.3, 0.4) is 0 Å². The number of rotatable bonds is 73. The monoisotopic (exact) mass is 1370 g/mol. The Kier molecular flexibility index (Phi) is 64.6. The van der Waals surface area contributed by atoms with Gasteiger partial charge in [0.2, 0.25) is 0 Å². The highest BCUT2D eigenvalue weighted by molar-refractivity contribution is 7.47. The molecule has 93 heavy (non-hydrogen) atoms. The van der Waals surface area contributed by atoms with Crippen molar-refractivity contribution in [3.8, 4) is 0 Å². The molecule has 2 unspecified atom stereocenters. The summed E-state index contributed by atoms with van der Waals surface area (Å²) in [5.41, 5.74) is 0. The summed E-state index contributed by atoms with van der Waals surface area (Å²) in [5, 5.41) is 10.6. The first-order valence-electron chi connectivity index (χ1n) is 38.5. The number of aliphatic hydroxyl groups is 1. The van der Waals surface area contributed by atoms with Crippen LogP contribution in [-0.2, 0) is 65.4 Å². The Labute approximate surface area is 568 Å². The summed E-state index contributed by atoms with van der Waals surface area (Å²) in [6.45, 7) is 9.57. The van der Waals surface area contributed by atoms with Crippen LogP contribution in [0.2, 0.25) is 0 Å². The Morgan fingerprint density at radius 1 is 0.290 bits per heavy atom. The number of phosphoric acid groups is 2. The maximum absolute atomic E-state index is 13.1. The molecule has 19 heteroatoms. The normalized spacial score (nSPS) is 14.1. The van der Waals surface area contributed by atoms with Crippen LogP contribution in [0.25, 0.3) is 0 Å². The summed E-state index contributed by atoms with van der Waals surface area (Å²) >= 11 is 0. The minimum atomic E-state index is -4.95. The van der Waals surface area contributed by atoms with E-state index in [9.17, 15) is 43.2 Å². The molecule has 5 atom stereocenters. The van der Waals surface area contributed by atoms with Crippen molar-refractivity contribution in [2.45, 2.75) is 400 Å². The molecule has 0 aliphatic heterocycles. The molecular formula is C74H144O17P2. The molecule has 3 N–H and O–H groups in total. The Hall–Kier alpha value is -1.94. The second kappa shape index (κ2) is 66.0. The molecule has 0 aromatic heterocycles. The average molecular weight is 1370 g/mol. The summed E-state index contributed by atoms with van der Waals surface area (Å²) in [4.78, 5) is 72.8. The van der Waals surface area contributed by atoms with Crippen molar-refractivity contribution in [1.29, 1.82) is 0 Å². The Bertz CT molecular complexity index is 1800. The molecule has 0 fully saturated rings. The number of ether oxygens (including phenoxy) is 4. The molecule has 0 saturated carbocycles. The van der Waals surface area contributed by atoms with Crippen molar-refractivity contribution in [1.82, 2.24) is 0 Å². The van der Waals surface area contributed by atoms with Gasteiger partial charge in [-0.1, -0.05) is 330 Å². The van der Waals surface area contributed by atoms with Crippen LogP contribution in [0.5, 0.6) is 0 Å². The summed E-state index contributed by atoms with van der Waals surface area (Å²) < 4.78 is 68.5. The SMILES string of the molecule is CCCCCCCCCCCCCCCCC(=O)OC[C@H](COP(=O)(O)OC[C@@H](O)COP(=O)(O)OC[C@@H](COC(=O)CCCCCCCCCCCC(C)C)OC(=O)CCCCCCCCCCCCCCC)OC(=O)CCCCCCCCCCCCCC(C)C. The van der Waals surface area contributed by atoms with E-state index in [0.717, 1.165) is 102 Å². The predicted molar refractivity (Wildman–Crippen MR) is 377 cm³/mol. The fourth-order valence-corrected chi connectivity index (χ4v) is 12.9. The van der Waals surface area contributed by atoms with Crippen LogP contribution in [0.4, 0.5) is 0 Å². The third-order valence-electron chi connectivity index (χ3n) is 17.2. The van der Waals surface area contributed by atoms with Gasteiger partial charge in [-0.2, -0.15) is 0 Å². The van der Waals surface area contributed by atoms with Gasteiger partial charge in [0.05, 0.1) is 26.4 Å². The molecule has 0 rings (SSSR count). The molecule has 0 bridgehead atoms. The van der Waals surface area contributed by atoms with E-state index in [1.54, 1.807) is 0 Å². The second-order valence-electron chi connectivity index (χ2n) is 27.6. The van der Waals surface area contributed by atoms with Gasteiger partial charge in [0.1, 0.15) is 19.3 Å². The molecule has 0 spiro atoms. The first kappa shape index (κ1) is 91.1. The lowest BCUT2D eigenvalue weighted by Gasteiger charge is -2.21. The van der Waals surface area contributed by atoms with Crippen LogP contribution in [0.1, 0.15) is 382 Å². The minimum Gasteiger partial charge on any atom is -0.462 e. The molecule has 0 aliphatic rings. The minimum absolute atomic E-state index is 0.107. The van der Waals surface area contributed by atoms with E-state index >= 15 is 0 Å². The Morgan fingerprint density at radius 2 is 0.495 bits per heavy atom. The molecule has 0 saturated heterocycles. The molecule has 0 aliphatic carbocycles. The Morgan fingerprint density at radius 3 is 0.731 bits per heavy atom. The van der Waals surface area contributed by atoms with Crippen LogP contribution >= 0.6 is 15.6 Å². The van der Waals surface area contributed by atoms with Crippen molar-refractivity contribution < 1.29 is 80.2 Å². The maximum atomic E-state index is 13.1. The van der Waals surface area contributed by atoms with Gasteiger partial charge >= 0.3 is 39.5 Å². The van der Waals surface area contributed by atoms with Gasteiger partial charge in [-0.3, -0.25) is 37.3 Å². The molecular weight excluding hydrogens is 1220 g/mol. The van der Waals surface area contributed by atoms with Crippen molar-refractivity contribution in [2.24, 2.45) is 11.8 Å². The fourth-order valence-electron chi connectivity index (χ4n) is 11.3. The predicted octanol–water partition coefficient (Wildman–Crippen LogP) is 21.6. The third kappa shape index (κ3) is 68.4. The fraction of sp³-hybridized carbons (Fsp3) is 0.946. The van der Waals surface area contributed by atoms with Crippen molar-refractivity contribution in [2.75, 3.05) is 39.6 Å². The number of carbonyl (C=O) groups excluding carboxylic acids is 4. The van der Waals surface area contributed by atoms with E-state index in [0.29, 0.717) is 25.7 Å². The van der Waals surface area contributed by atoms with Gasteiger partial charge in [-0.05, 0) is 37.5 Å². The van der Waals surface area contributed by atoms with Gasteiger partial charge in [-0.25, -0.2) is 9.13 Å². The summed E-state index contributed by atoms with van der Waals surface area (Å²) in [5.74, 6) is -0.606. The number of hydrogen-bond acceptors (Lipinski definition) is 15. The molecule has 0 amide bonds. The van der Waals surface area contributed by atoms with Gasteiger partial charge < -0.3 is 33.8 Å². The Balaban J connectivity index is 5.26. The van der Waals surface area contributed by atoms with Crippen molar-refractivity contribution in [3.63, 3.8) is 0 Å². The quantitative estimate of drug-likeness (QED) is 0.0222. The molecule has 0 radical (unpaired) electrons. The summed E-state index contributed by atoms with van der Waals surface area (Å²) in [6, 6.07) is 0. The smallest absolute Gasteiger partial charge is 0.462 e. The highest BCUT2D eigenvalue weighted by Crippen LogP contribution is 2.45. The van der Waals surface area contributed by atoms with Gasteiger partial charge in [-0.15, -0.1) is 0 Å². The molecule has 0 heterocycles. The van der Waals surface area contributed by atoms with Crippen LogP contribution in [0, 0.1) is 11.8 Å². The first-order valence-corrected chi connectivity index (χ1v) is 41.5. The van der Waals surface area contributed by atoms with E-state index in [4.69, 9.17) is 37.0 Å². The van der Waals surface area contributed by atoms with E-state index in [-0.39, 0.29) is 25.7 Å². The lowest BCUT2D eigenvalue weighted by atomic mass is 10.0. The van der Waals surface area contributed by atoms with E-state index in [1.807, 2.05) is 0 Å². The van der Waals surface area contributed by atoms with Crippen LogP contribution in [0.15, 0.2) is 0 Å². The summed E-state index contributed by atoms with van der Waals surface area (Å²) in [7, 11) is -9.91. The summed E-state index contributed by atoms with van der Waals surface area (Å²) in [6.07, 6.45) is 52.5. The lowest BCUT2D eigenvalue weighted by molar-refractivity contribution is -0.161. The number of phosphoric ester groups is 2. The topological polar surface area (TPSA) is 237 Å². The zero-order valence-electron chi connectivity index (χ0n) is 60.6. The number of esters is 4. The van der Waals surface area contributed by atoms with Crippen LogP contribution in [-0.4, -0.2) is 96.7 Å². The maximum Gasteiger partial charge on any atom is 0.472 e. The van der Waals surface area contributed by atoms with E-state index in [1.165, 1.54) is 199 Å². The highest BCUT2D eigenvalue weighted by atomic mass is 31.2. The number of hydrogen-bond donors (Lipinski definition) is 3. The average Bonchev–Trinajstić information content (AvgIpc) is 2.22. The zero-order valence-corrected chi connectivity index (χ0v) is 62.3. The van der Waals surface area contributed by atoms with Gasteiger partial charge in [0.25, 0.3) is 0 Å². The van der Waals surface area contributed by atoms with E-state index < -0.39 is 97.5 Å². The van der Waals surface area contributed by atoms with Crippen molar-refractivity contribution >= 4 is 39.5 Å². The number of unbranched alkanes of at least 4 members (excludes halogenated alkanes) is 43. The first-order chi connectivity index (χ1) is 44.9. The molecule has 0 aromatic carbocycles. The van der Waals surface area contributed by atoms with Crippen molar-refractivity contribution in [3.05, 3.63) is 0 Å². The molecule has 552 valence electrons. The second-order valence-corrected chi connectivity index (χ2v) is 30.5. The van der Waals surface area contributed by atoms with Gasteiger partial charge in [0, 0.05) is 25.7 Å².